The van der Waals surface area contributed by atoms with Crippen molar-refractivity contribution in [3.8, 4) is 39.9 Å². The van der Waals surface area contributed by atoms with Crippen LogP contribution in [0.15, 0.2) is 200 Å². The first-order chi connectivity index (χ1) is 30.8. The Morgan fingerprint density at radius 3 is 1.71 bits per heavy atom. The molecule has 2 aliphatic rings. The van der Waals surface area contributed by atoms with Gasteiger partial charge in [-0.2, -0.15) is 9.97 Å². The summed E-state index contributed by atoms with van der Waals surface area (Å²) >= 11 is 0. The molecule has 62 heavy (non-hydrogen) atoms. The zero-order valence-corrected chi connectivity index (χ0v) is 33.3. The number of rotatable bonds is 5. The quantitative estimate of drug-likeness (QED) is 0.162. The van der Waals surface area contributed by atoms with Crippen LogP contribution in [0.3, 0.4) is 0 Å². The van der Waals surface area contributed by atoms with E-state index in [1.165, 1.54) is 65.4 Å². The lowest BCUT2D eigenvalue weighted by Crippen LogP contribution is -2.30. The minimum absolute atomic E-state index is 0.0184. The van der Waals surface area contributed by atoms with Crippen LogP contribution in [0.1, 0.15) is 11.5 Å². The average Bonchev–Trinajstić information content (AvgIpc) is 3.86. The van der Waals surface area contributed by atoms with Gasteiger partial charge in [0, 0.05) is 40.2 Å². The van der Waals surface area contributed by atoms with Crippen molar-refractivity contribution < 1.29 is 0 Å². The molecule has 5 heterocycles. The van der Waals surface area contributed by atoms with Crippen LogP contribution in [0.25, 0.3) is 94.0 Å². The van der Waals surface area contributed by atoms with Crippen LogP contribution in [0.2, 0.25) is 0 Å². The van der Waals surface area contributed by atoms with Crippen LogP contribution in [0.5, 0.6) is 0 Å². The van der Waals surface area contributed by atoms with Crippen molar-refractivity contribution in [3.63, 3.8) is 0 Å². The lowest BCUT2D eigenvalue weighted by Gasteiger charge is -2.27. The summed E-state index contributed by atoms with van der Waals surface area (Å²) in [6.07, 6.45) is 12.3. The second-order valence-electron chi connectivity index (χ2n) is 16.0. The Kier molecular flexibility index (Phi) is 7.59. The Balaban J connectivity index is 0.969. The summed E-state index contributed by atoms with van der Waals surface area (Å²) in [6, 6.07) is 58.5. The maximum absolute atomic E-state index is 5.08. The van der Waals surface area contributed by atoms with Gasteiger partial charge < -0.3 is 9.47 Å². The Bertz CT molecular complexity index is 3560. The number of fused-ring (bicyclic) bond motifs is 12. The van der Waals surface area contributed by atoms with Gasteiger partial charge in [0.15, 0.2) is 11.6 Å². The Morgan fingerprint density at radius 1 is 0.419 bits per heavy atom. The molecule has 1 aliphatic carbocycles. The Morgan fingerprint density at radius 2 is 1.00 bits per heavy atom. The summed E-state index contributed by atoms with van der Waals surface area (Å²) in [5, 5.41) is 10.0. The summed E-state index contributed by atoms with van der Waals surface area (Å²) in [5.41, 5.74) is 9.52. The Hall–Kier alpha value is -8.29. The number of aromatic nitrogens is 6. The van der Waals surface area contributed by atoms with Crippen molar-refractivity contribution in [2.45, 2.75) is 12.0 Å². The molecule has 7 aromatic carbocycles. The lowest BCUT2D eigenvalue weighted by molar-refractivity contribution is 0.728. The molecule has 2 unspecified atom stereocenters. The highest BCUT2D eigenvalue weighted by atomic mass is 15.3. The van der Waals surface area contributed by atoms with E-state index in [0.717, 1.165) is 16.8 Å². The van der Waals surface area contributed by atoms with Gasteiger partial charge >= 0.3 is 0 Å². The normalized spacial score (nSPS) is 15.6. The Labute approximate surface area is 356 Å². The molecule has 7 nitrogen and oxygen atoms in total. The molecule has 1 aliphatic heterocycles. The summed E-state index contributed by atoms with van der Waals surface area (Å²) in [7, 11) is 0. The first-order valence-corrected chi connectivity index (χ1v) is 21.0. The minimum atomic E-state index is -0.0184. The average molecular weight is 794 g/mol. The highest BCUT2D eigenvalue weighted by Crippen LogP contribution is 2.49. The van der Waals surface area contributed by atoms with Gasteiger partial charge in [0.1, 0.15) is 11.4 Å². The number of hydrogen-bond donors (Lipinski definition) is 0. The van der Waals surface area contributed by atoms with E-state index in [2.05, 4.69) is 171 Å². The van der Waals surface area contributed by atoms with Crippen LogP contribution >= 0.6 is 0 Å². The predicted molar refractivity (Wildman–Crippen MR) is 252 cm³/mol. The van der Waals surface area contributed by atoms with Crippen LogP contribution in [-0.2, 0) is 0 Å². The maximum Gasteiger partial charge on any atom is 0.234 e. The highest BCUT2D eigenvalue weighted by molar-refractivity contribution is 6.28. The van der Waals surface area contributed by atoms with Gasteiger partial charge in [-0.05, 0) is 104 Å². The maximum atomic E-state index is 5.08. The van der Waals surface area contributed by atoms with Gasteiger partial charge in [0.05, 0.1) is 22.8 Å². The molecular weight excluding hydrogens is 759 g/mol. The molecule has 0 spiro atoms. The van der Waals surface area contributed by atoms with E-state index in [-0.39, 0.29) is 12.0 Å². The van der Waals surface area contributed by atoms with Gasteiger partial charge in [-0.3, -0.25) is 9.97 Å². The third kappa shape index (κ3) is 5.21. The monoisotopic (exact) mass is 793 g/mol. The fourth-order valence-corrected chi connectivity index (χ4v) is 9.98. The summed E-state index contributed by atoms with van der Waals surface area (Å²) in [5.74, 6) is 1.67. The molecule has 290 valence electrons. The van der Waals surface area contributed by atoms with Gasteiger partial charge in [0.2, 0.25) is 5.95 Å². The molecule has 0 N–H and O–H groups in total. The van der Waals surface area contributed by atoms with Crippen molar-refractivity contribution in [1.82, 2.24) is 29.5 Å². The van der Waals surface area contributed by atoms with Crippen molar-refractivity contribution >= 4 is 65.8 Å². The largest absolute Gasteiger partial charge is 0.309 e. The van der Waals surface area contributed by atoms with Gasteiger partial charge in [-0.15, -0.1) is 0 Å². The molecule has 2 atom stereocenters. The first-order valence-electron chi connectivity index (χ1n) is 21.0. The molecule has 0 radical (unpaired) electrons. The summed E-state index contributed by atoms with van der Waals surface area (Å²) < 4.78 is 2.47. The SMILES string of the molecule is C1=CC2c3cc(-c4ccc5c(c4)c4ccccc4n5-c4cccc5c6ccccc6c6ccccc6c45)ccc3N(c3nc(-c4ccccn4)nc(-c4ccccn4)n3)C2C=C1. The molecule has 0 saturated heterocycles. The minimum Gasteiger partial charge on any atom is -0.309 e. The fraction of sp³-hybridized carbons (Fsp3) is 0.0364. The van der Waals surface area contributed by atoms with Crippen LogP contribution in [-0.4, -0.2) is 35.5 Å². The lowest BCUT2D eigenvalue weighted by atomic mass is 9.89. The van der Waals surface area contributed by atoms with Crippen molar-refractivity contribution in [2.75, 3.05) is 4.90 Å². The summed E-state index contributed by atoms with van der Waals surface area (Å²) in [4.78, 5) is 26.5. The molecule has 0 bridgehead atoms. The molecule has 7 heteroatoms. The van der Waals surface area contributed by atoms with E-state index in [9.17, 15) is 0 Å². The fourth-order valence-electron chi connectivity index (χ4n) is 9.98. The van der Waals surface area contributed by atoms with Crippen molar-refractivity contribution in [3.05, 3.63) is 206 Å². The number of para-hydroxylation sites is 1. The molecule has 0 amide bonds. The number of allylic oxidation sites excluding steroid dienone is 2. The number of anilines is 2. The van der Waals surface area contributed by atoms with E-state index >= 15 is 0 Å². The second-order valence-corrected chi connectivity index (χ2v) is 16.0. The molecule has 0 saturated carbocycles. The zero-order valence-electron chi connectivity index (χ0n) is 33.3. The van der Waals surface area contributed by atoms with Crippen LogP contribution in [0.4, 0.5) is 11.6 Å². The molecule has 11 aromatic rings. The van der Waals surface area contributed by atoms with Crippen LogP contribution in [0, 0.1) is 0 Å². The standard InChI is InChI=1S/C55H35N7/c1-2-15-38-36(14-1)37-16-3-4-19-41(37)52-42(38)20-13-25-51(52)61-47-23-7-5-17-39(47)43-32-34(26-28-49(43)61)35-27-29-50-44(33-35)40-18-6-8-24-48(40)62(50)55-59-53(45-21-9-11-30-56-45)58-54(60-55)46-22-10-12-31-57-46/h1-33,40,48H. The number of benzene rings is 7. The molecule has 0 fully saturated rings. The van der Waals surface area contributed by atoms with E-state index in [1.807, 2.05) is 36.4 Å². The van der Waals surface area contributed by atoms with E-state index in [4.69, 9.17) is 15.0 Å². The second kappa shape index (κ2) is 13.6. The highest BCUT2D eigenvalue weighted by Gasteiger charge is 2.39. The number of hydrogen-bond acceptors (Lipinski definition) is 6. The van der Waals surface area contributed by atoms with E-state index in [1.54, 1.807) is 12.4 Å². The number of pyridine rings is 2. The first kappa shape index (κ1) is 34.6. The third-order valence-corrected chi connectivity index (χ3v) is 12.7. The van der Waals surface area contributed by atoms with Crippen molar-refractivity contribution in [2.24, 2.45) is 0 Å². The summed E-state index contributed by atoms with van der Waals surface area (Å²) in [6.45, 7) is 0. The van der Waals surface area contributed by atoms with Crippen molar-refractivity contribution in [1.29, 1.82) is 0 Å². The topological polar surface area (TPSA) is 72.6 Å². The van der Waals surface area contributed by atoms with E-state index < -0.39 is 0 Å². The van der Waals surface area contributed by atoms with Gasteiger partial charge in [-0.1, -0.05) is 127 Å². The third-order valence-electron chi connectivity index (χ3n) is 12.7. The molecule has 13 rings (SSSR count). The number of nitrogens with zero attached hydrogens (tertiary/aromatic N) is 7. The van der Waals surface area contributed by atoms with Gasteiger partial charge in [-0.25, -0.2) is 4.98 Å². The zero-order chi connectivity index (χ0) is 40.7. The van der Waals surface area contributed by atoms with E-state index in [0.29, 0.717) is 29.0 Å². The molecule has 4 aromatic heterocycles. The van der Waals surface area contributed by atoms with Gasteiger partial charge in [0.25, 0.3) is 0 Å². The predicted octanol–water partition coefficient (Wildman–Crippen LogP) is 12.9. The molecular formula is C55H35N7. The van der Waals surface area contributed by atoms with Crippen LogP contribution < -0.4 is 4.90 Å². The smallest absolute Gasteiger partial charge is 0.234 e.